The fourth-order valence-electron chi connectivity index (χ4n) is 6.23. The van der Waals surface area contributed by atoms with Crippen LogP contribution in [-0.2, 0) is 9.59 Å². The van der Waals surface area contributed by atoms with Crippen LogP contribution in [0.3, 0.4) is 0 Å². The quantitative estimate of drug-likeness (QED) is 0.402. The Labute approximate surface area is 245 Å². The molecule has 0 spiro atoms. The Hall–Kier alpha value is -2.23. The average Bonchev–Trinajstić information content (AvgIpc) is 3.47. The maximum Gasteiger partial charge on any atom is 0.227 e. The highest BCUT2D eigenvalue weighted by Gasteiger charge is 2.44. The standard InChI is InChI=1S/C30H41ClF2N4O2S/c1-18(2)37(20(4)38)19(3)23-15-27(31)40-29(23)35-12-10-34(11-13-35)28(39)25-17-36(30(5,6)7)16-24(25)22-9-8-21(32)14-26(22)33/h8-9,14-15,18-19,24-25H,10-13,16-17H2,1-7H3/t19?,24-,25+/m0/s1. The van der Waals surface area contributed by atoms with Crippen molar-refractivity contribution < 1.29 is 18.4 Å². The molecule has 2 fully saturated rings. The monoisotopic (exact) mass is 594 g/mol. The van der Waals surface area contributed by atoms with Crippen LogP contribution in [0.4, 0.5) is 13.8 Å². The number of piperazine rings is 1. The lowest BCUT2D eigenvalue weighted by molar-refractivity contribution is -0.136. The predicted molar refractivity (Wildman–Crippen MR) is 158 cm³/mol. The summed E-state index contributed by atoms with van der Waals surface area (Å²) in [5.74, 6) is -1.94. The van der Waals surface area contributed by atoms with Crippen molar-refractivity contribution in [2.24, 2.45) is 5.92 Å². The van der Waals surface area contributed by atoms with Crippen molar-refractivity contribution in [2.75, 3.05) is 44.2 Å². The van der Waals surface area contributed by atoms with E-state index in [4.69, 9.17) is 11.6 Å². The minimum atomic E-state index is -0.617. The first-order valence-corrected chi connectivity index (χ1v) is 15.2. The number of likely N-dealkylation sites (tertiary alicyclic amines) is 1. The zero-order valence-electron chi connectivity index (χ0n) is 24.5. The number of rotatable bonds is 6. The average molecular weight is 595 g/mol. The van der Waals surface area contributed by atoms with Crippen LogP contribution in [0.1, 0.15) is 71.6 Å². The summed E-state index contributed by atoms with van der Waals surface area (Å²) < 4.78 is 29.2. The Kier molecular flexibility index (Phi) is 9.17. The van der Waals surface area contributed by atoms with Crippen LogP contribution in [0.5, 0.6) is 0 Å². The lowest BCUT2D eigenvalue weighted by Gasteiger charge is -2.39. The highest BCUT2D eigenvalue weighted by atomic mass is 35.5. The van der Waals surface area contributed by atoms with E-state index in [1.165, 1.54) is 23.5 Å². The predicted octanol–water partition coefficient (Wildman–Crippen LogP) is 6.16. The third kappa shape index (κ3) is 6.31. The second-order valence-electron chi connectivity index (χ2n) is 12.3. The molecule has 40 heavy (non-hydrogen) atoms. The van der Waals surface area contributed by atoms with Gasteiger partial charge < -0.3 is 14.7 Å². The lowest BCUT2D eigenvalue weighted by Crippen LogP contribution is -2.51. The number of nitrogens with zero attached hydrogens (tertiary/aromatic N) is 4. The van der Waals surface area contributed by atoms with E-state index in [9.17, 15) is 18.4 Å². The van der Waals surface area contributed by atoms with Crippen molar-refractivity contribution in [3.63, 3.8) is 0 Å². The van der Waals surface area contributed by atoms with Crippen molar-refractivity contribution in [3.8, 4) is 0 Å². The van der Waals surface area contributed by atoms with Gasteiger partial charge in [0, 0.05) is 75.3 Å². The third-order valence-electron chi connectivity index (χ3n) is 8.32. The fraction of sp³-hybridized carbons (Fsp3) is 0.600. The van der Waals surface area contributed by atoms with E-state index < -0.39 is 17.6 Å². The number of hydrogen-bond donors (Lipinski definition) is 0. The summed E-state index contributed by atoms with van der Waals surface area (Å²) in [7, 11) is 0. The Morgan fingerprint density at radius 1 is 1.05 bits per heavy atom. The third-order valence-corrected chi connectivity index (χ3v) is 9.66. The Morgan fingerprint density at radius 3 is 2.25 bits per heavy atom. The molecule has 2 saturated heterocycles. The molecule has 2 aromatic rings. The number of thiophene rings is 1. The summed E-state index contributed by atoms with van der Waals surface area (Å²) in [6.45, 7) is 17.3. The van der Waals surface area contributed by atoms with Crippen LogP contribution < -0.4 is 4.90 Å². The normalized spacial score (nSPS) is 21.3. The molecule has 3 heterocycles. The smallest absolute Gasteiger partial charge is 0.227 e. The molecule has 1 aromatic carbocycles. The zero-order valence-corrected chi connectivity index (χ0v) is 26.1. The van der Waals surface area contributed by atoms with Crippen LogP contribution in [0, 0.1) is 17.6 Å². The van der Waals surface area contributed by atoms with Gasteiger partial charge in [0.15, 0.2) is 0 Å². The van der Waals surface area contributed by atoms with E-state index in [2.05, 4.69) is 30.6 Å². The number of anilines is 1. The van der Waals surface area contributed by atoms with Gasteiger partial charge in [0.05, 0.1) is 21.3 Å². The summed E-state index contributed by atoms with van der Waals surface area (Å²) in [4.78, 5) is 34.5. The fourth-order valence-corrected chi connectivity index (χ4v) is 7.59. The number of amides is 2. The first-order valence-electron chi connectivity index (χ1n) is 14.0. The molecule has 1 unspecified atom stereocenters. The van der Waals surface area contributed by atoms with Gasteiger partial charge in [-0.15, -0.1) is 11.3 Å². The number of carbonyl (C=O) groups excluding carboxylic acids is 2. The van der Waals surface area contributed by atoms with Gasteiger partial charge in [-0.1, -0.05) is 17.7 Å². The topological polar surface area (TPSA) is 47.1 Å². The van der Waals surface area contributed by atoms with Crippen molar-refractivity contribution in [2.45, 2.75) is 72.0 Å². The summed E-state index contributed by atoms with van der Waals surface area (Å²) >= 11 is 7.97. The second kappa shape index (κ2) is 11.9. The van der Waals surface area contributed by atoms with Crippen molar-refractivity contribution in [1.82, 2.24) is 14.7 Å². The van der Waals surface area contributed by atoms with Crippen molar-refractivity contribution >= 4 is 39.8 Å². The highest BCUT2D eigenvalue weighted by Crippen LogP contribution is 2.42. The maximum atomic E-state index is 14.9. The van der Waals surface area contributed by atoms with E-state index in [1.54, 1.807) is 6.92 Å². The molecule has 0 bridgehead atoms. The van der Waals surface area contributed by atoms with Crippen LogP contribution in [0.25, 0.3) is 0 Å². The van der Waals surface area contributed by atoms with Gasteiger partial charge in [-0.2, -0.15) is 0 Å². The summed E-state index contributed by atoms with van der Waals surface area (Å²) in [5, 5.41) is 1.03. The molecule has 0 N–H and O–H groups in total. The summed E-state index contributed by atoms with van der Waals surface area (Å²) in [6, 6.07) is 5.53. The van der Waals surface area contributed by atoms with Crippen LogP contribution in [0.2, 0.25) is 4.34 Å². The molecular weight excluding hydrogens is 554 g/mol. The first kappa shape index (κ1) is 30.7. The van der Waals surface area contributed by atoms with Crippen LogP contribution >= 0.6 is 22.9 Å². The molecule has 3 atom stereocenters. The minimum Gasteiger partial charge on any atom is -0.360 e. The molecule has 0 saturated carbocycles. The minimum absolute atomic E-state index is 0.0131. The SMILES string of the molecule is CC(=O)N(C(C)C)C(C)c1cc(Cl)sc1N1CCN(C(=O)[C@@H]2CN(C(C)(C)C)C[C@H]2c2ccc(F)cc2F)CC1. The van der Waals surface area contributed by atoms with Gasteiger partial charge in [-0.3, -0.25) is 14.5 Å². The molecule has 6 nitrogen and oxygen atoms in total. The van der Waals surface area contributed by atoms with Gasteiger partial charge in [0.25, 0.3) is 0 Å². The van der Waals surface area contributed by atoms with Gasteiger partial charge >= 0.3 is 0 Å². The molecule has 2 aliphatic rings. The molecule has 4 rings (SSSR count). The Morgan fingerprint density at radius 2 is 1.70 bits per heavy atom. The second-order valence-corrected chi connectivity index (χ2v) is 13.9. The van der Waals surface area contributed by atoms with E-state index in [-0.39, 0.29) is 35.4 Å². The van der Waals surface area contributed by atoms with E-state index >= 15 is 0 Å². The Bertz CT molecular complexity index is 1240. The summed E-state index contributed by atoms with van der Waals surface area (Å²) in [6.07, 6.45) is 0. The Balaban J connectivity index is 1.51. The van der Waals surface area contributed by atoms with Crippen LogP contribution in [-0.4, -0.2) is 77.4 Å². The van der Waals surface area contributed by atoms with Gasteiger partial charge in [0.1, 0.15) is 11.6 Å². The molecule has 2 aliphatic heterocycles. The van der Waals surface area contributed by atoms with Gasteiger partial charge in [-0.05, 0) is 59.2 Å². The van der Waals surface area contributed by atoms with Gasteiger partial charge in [-0.25, -0.2) is 8.78 Å². The zero-order chi connectivity index (χ0) is 29.5. The lowest BCUT2D eigenvalue weighted by atomic mass is 9.87. The molecule has 10 heteroatoms. The highest BCUT2D eigenvalue weighted by molar-refractivity contribution is 7.20. The van der Waals surface area contributed by atoms with E-state index in [1.807, 2.05) is 36.6 Å². The summed E-state index contributed by atoms with van der Waals surface area (Å²) in [5.41, 5.74) is 1.23. The molecule has 1 aromatic heterocycles. The molecular formula is C30H41ClF2N4O2S. The largest absolute Gasteiger partial charge is 0.360 e. The van der Waals surface area contributed by atoms with E-state index in [0.29, 0.717) is 49.2 Å². The van der Waals surface area contributed by atoms with Gasteiger partial charge in [0.2, 0.25) is 11.8 Å². The molecule has 220 valence electrons. The first-order chi connectivity index (χ1) is 18.7. The number of hydrogen-bond acceptors (Lipinski definition) is 5. The number of halogens is 3. The maximum absolute atomic E-state index is 14.9. The molecule has 0 radical (unpaired) electrons. The number of carbonyl (C=O) groups is 2. The van der Waals surface area contributed by atoms with Crippen molar-refractivity contribution in [3.05, 3.63) is 51.4 Å². The van der Waals surface area contributed by atoms with Crippen LogP contribution in [0.15, 0.2) is 24.3 Å². The molecule has 2 amide bonds. The van der Waals surface area contributed by atoms with E-state index in [0.717, 1.165) is 16.6 Å². The van der Waals surface area contributed by atoms with Crippen molar-refractivity contribution in [1.29, 1.82) is 0 Å². The number of benzene rings is 1. The molecule has 0 aliphatic carbocycles.